The van der Waals surface area contributed by atoms with E-state index < -0.39 is 5.97 Å². The number of thioether (sulfide) groups is 1. The molecule has 0 spiro atoms. The number of amides is 1. The monoisotopic (exact) mass is 267 g/mol. The van der Waals surface area contributed by atoms with Gasteiger partial charge in [-0.05, 0) is 18.1 Å². The van der Waals surface area contributed by atoms with Gasteiger partial charge in [0.2, 0.25) is 0 Å². The molecule has 5 heteroatoms. The van der Waals surface area contributed by atoms with Crippen LogP contribution in [0.15, 0.2) is 24.3 Å². The second kappa shape index (κ2) is 7.76. The highest BCUT2D eigenvalue weighted by Gasteiger charge is 2.08. The molecule has 0 atom stereocenters. The number of nitrogens with one attached hydrogen (secondary N) is 1. The van der Waals surface area contributed by atoms with Crippen LogP contribution < -0.4 is 5.32 Å². The fourth-order valence-corrected chi connectivity index (χ4v) is 2.11. The van der Waals surface area contributed by atoms with Crippen LogP contribution in [-0.2, 0) is 11.2 Å². The van der Waals surface area contributed by atoms with Crippen LogP contribution in [0.5, 0.6) is 0 Å². The van der Waals surface area contributed by atoms with E-state index in [-0.39, 0.29) is 11.7 Å². The molecule has 1 aromatic carbocycles. The molecule has 0 bridgehead atoms. The summed E-state index contributed by atoms with van der Waals surface area (Å²) < 4.78 is 0. The molecule has 4 nitrogen and oxygen atoms in total. The number of aryl methyl sites for hydroxylation is 1. The van der Waals surface area contributed by atoms with Crippen molar-refractivity contribution in [1.29, 1.82) is 0 Å². The van der Waals surface area contributed by atoms with E-state index in [0.29, 0.717) is 17.9 Å². The summed E-state index contributed by atoms with van der Waals surface area (Å²) >= 11 is 1.29. The molecule has 18 heavy (non-hydrogen) atoms. The molecule has 1 amide bonds. The van der Waals surface area contributed by atoms with Crippen LogP contribution in [0.25, 0.3) is 0 Å². The minimum atomic E-state index is -0.831. The zero-order valence-electron chi connectivity index (χ0n) is 10.3. The normalized spacial score (nSPS) is 10.1. The van der Waals surface area contributed by atoms with E-state index in [4.69, 9.17) is 5.11 Å². The van der Waals surface area contributed by atoms with Crippen molar-refractivity contribution >= 4 is 23.6 Å². The van der Waals surface area contributed by atoms with Gasteiger partial charge in [-0.25, -0.2) is 0 Å². The maximum atomic E-state index is 11.9. The van der Waals surface area contributed by atoms with Crippen LogP contribution in [-0.4, -0.2) is 35.0 Å². The van der Waals surface area contributed by atoms with Crippen LogP contribution in [0.2, 0.25) is 0 Å². The Bertz CT molecular complexity index is 420. The molecule has 0 aliphatic heterocycles. The number of rotatable bonds is 7. The van der Waals surface area contributed by atoms with Gasteiger partial charge in [-0.2, -0.15) is 0 Å². The zero-order chi connectivity index (χ0) is 13.4. The molecule has 0 aromatic heterocycles. The summed E-state index contributed by atoms with van der Waals surface area (Å²) in [6.45, 7) is 2.49. The average molecular weight is 267 g/mol. The van der Waals surface area contributed by atoms with Crippen LogP contribution in [0.1, 0.15) is 22.8 Å². The summed E-state index contributed by atoms with van der Waals surface area (Å²) in [5, 5.41) is 11.3. The molecule has 1 rings (SSSR count). The quantitative estimate of drug-likeness (QED) is 0.739. The zero-order valence-corrected chi connectivity index (χ0v) is 11.1. The van der Waals surface area contributed by atoms with Gasteiger partial charge >= 0.3 is 5.97 Å². The largest absolute Gasteiger partial charge is 0.481 e. The first kappa shape index (κ1) is 14.6. The lowest BCUT2D eigenvalue weighted by Gasteiger charge is -2.08. The van der Waals surface area contributed by atoms with Crippen molar-refractivity contribution in [3.63, 3.8) is 0 Å². The Hall–Kier alpha value is -1.49. The van der Waals surface area contributed by atoms with Crippen molar-refractivity contribution in [3.05, 3.63) is 35.4 Å². The van der Waals surface area contributed by atoms with Crippen LogP contribution in [0.3, 0.4) is 0 Å². The van der Waals surface area contributed by atoms with Crippen LogP contribution in [0, 0.1) is 0 Å². The Morgan fingerprint density at radius 2 is 2.06 bits per heavy atom. The predicted molar refractivity (Wildman–Crippen MR) is 73.1 cm³/mol. The molecular weight excluding hydrogens is 250 g/mol. The fraction of sp³-hybridized carbons (Fsp3) is 0.385. The number of carbonyl (C=O) groups is 2. The molecule has 2 N–H and O–H groups in total. The maximum absolute atomic E-state index is 11.9. The number of hydrogen-bond donors (Lipinski definition) is 2. The molecule has 0 heterocycles. The summed E-state index contributed by atoms with van der Waals surface area (Å²) in [6, 6.07) is 7.50. The third kappa shape index (κ3) is 4.79. The van der Waals surface area contributed by atoms with Gasteiger partial charge in [0.05, 0.1) is 5.75 Å². The number of carbonyl (C=O) groups excluding carboxylic acids is 1. The van der Waals surface area contributed by atoms with E-state index >= 15 is 0 Å². The van der Waals surface area contributed by atoms with Crippen LogP contribution in [0.4, 0.5) is 0 Å². The second-order valence-electron chi connectivity index (χ2n) is 3.71. The van der Waals surface area contributed by atoms with Gasteiger partial charge < -0.3 is 10.4 Å². The van der Waals surface area contributed by atoms with Gasteiger partial charge in [0.15, 0.2) is 0 Å². The summed E-state index contributed by atoms with van der Waals surface area (Å²) in [7, 11) is 0. The summed E-state index contributed by atoms with van der Waals surface area (Å²) in [6.07, 6.45) is 0.817. The Labute approximate surface area is 111 Å². The summed E-state index contributed by atoms with van der Waals surface area (Å²) in [5.41, 5.74) is 1.72. The molecule has 0 unspecified atom stereocenters. The van der Waals surface area contributed by atoms with E-state index in [9.17, 15) is 9.59 Å². The van der Waals surface area contributed by atoms with E-state index in [2.05, 4.69) is 5.32 Å². The van der Waals surface area contributed by atoms with E-state index in [1.807, 2.05) is 25.1 Å². The number of hydrogen-bond acceptors (Lipinski definition) is 3. The van der Waals surface area contributed by atoms with Crippen molar-refractivity contribution < 1.29 is 14.7 Å². The maximum Gasteiger partial charge on any atom is 0.313 e. The predicted octanol–water partition coefficient (Wildman–Crippen LogP) is 1.80. The first-order chi connectivity index (χ1) is 8.65. The van der Waals surface area contributed by atoms with Gasteiger partial charge in [0.1, 0.15) is 0 Å². The Morgan fingerprint density at radius 3 is 2.72 bits per heavy atom. The highest BCUT2D eigenvalue weighted by molar-refractivity contribution is 7.99. The van der Waals surface area contributed by atoms with Gasteiger partial charge in [-0.15, -0.1) is 11.8 Å². The Balaban J connectivity index is 2.38. The van der Waals surface area contributed by atoms with Gasteiger partial charge in [0.25, 0.3) is 5.91 Å². The number of carboxylic acid groups (broad SMARTS) is 1. The lowest BCUT2D eigenvalue weighted by atomic mass is 10.1. The third-order valence-electron chi connectivity index (χ3n) is 2.40. The van der Waals surface area contributed by atoms with Crippen LogP contribution >= 0.6 is 11.8 Å². The van der Waals surface area contributed by atoms with Crippen molar-refractivity contribution in [2.75, 3.05) is 18.1 Å². The molecular formula is C13H17NO3S. The minimum absolute atomic E-state index is 0.0709. The molecule has 0 fully saturated rings. The lowest BCUT2D eigenvalue weighted by molar-refractivity contribution is -0.133. The lowest BCUT2D eigenvalue weighted by Crippen LogP contribution is -2.26. The second-order valence-corrected chi connectivity index (χ2v) is 4.82. The number of benzene rings is 1. The number of carboxylic acids is 1. The molecule has 0 aliphatic rings. The van der Waals surface area contributed by atoms with E-state index in [0.717, 1.165) is 12.0 Å². The summed E-state index contributed by atoms with van der Waals surface area (Å²) in [4.78, 5) is 22.2. The average Bonchev–Trinajstić information content (AvgIpc) is 2.37. The highest BCUT2D eigenvalue weighted by Crippen LogP contribution is 2.09. The smallest absolute Gasteiger partial charge is 0.313 e. The summed E-state index contributed by atoms with van der Waals surface area (Å²) in [5.74, 6) is -0.251. The molecule has 0 saturated heterocycles. The van der Waals surface area contributed by atoms with E-state index in [1.165, 1.54) is 11.8 Å². The standard InChI is InChI=1S/C13H17NO3S/c1-2-10-5-3-4-6-11(10)13(17)14-7-8-18-9-12(15)16/h3-6H,2,7-9H2,1H3,(H,14,17)(H,15,16). The SMILES string of the molecule is CCc1ccccc1C(=O)NCCSCC(=O)O. The minimum Gasteiger partial charge on any atom is -0.481 e. The first-order valence-electron chi connectivity index (χ1n) is 5.80. The van der Waals surface area contributed by atoms with Crippen molar-refractivity contribution in [1.82, 2.24) is 5.32 Å². The third-order valence-corrected chi connectivity index (χ3v) is 3.34. The molecule has 0 aliphatic carbocycles. The van der Waals surface area contributed by atoms with Crippen molar-refractivity contribution in [3.8, 4) is 0 Å². The molecule has 0 saturated carbocycles. The van der Waals surface area contributed by atoms with Gasteiger partial charge in [-0.1, -0.05) is 25.1 Å². The van der Waals surface area contributed by atoms with E-state index in [1.54, 1.807) is 6.07 Å². The topological polar surface area (TPSA) is 66.4 Å². The van der Waals surface area contributed by atoms with Gasteiger partial charge in [0, 0.05) is 17.9 Å². The fourth-order valence-electron chi connectivity index (χ4n) is 1.54. The van der Waals surface area contributed by atoms with Gasteiger partial charge in [-0.3, -0.25) is 9.59 Å². The Morgan fingerprint density at radius 1 is 1.33 bits per heavy atom. The first-order valence-corrected chi connectivity index (χ1v) is 6.96. The van der Waals surface area contributed by atoms with Crippen molar-refractivity contribution in [2.24, 2.45) is 0 Å². The highest BCUT2D eigenvalue weighted by atomic mass is 32.2. The molecule has 98 valence electrons. The molecule has 1 aromatic rings. The van der Waals surface area contributed by atoms with Crippen molar-refractivity contribution in [2.45, 2.75) is 13.3 Å². The Kier molecular flexibility index (Phi) is 6.28. The molecule has 0 radical (unpaired) electrons. The number of aliphatic carboxylic acids is 1.